The highest BCUT2D eigenvalue weighted by atomic mass is 16.4. The van der Waals surface area contributed by atoms with Crippen LogP contribution in [0.1, 0.15) is 19.8 Å². The zero-order valence-electron chi connectivity index (χ0n) is 11.5. The van der Waals surface area contributed by atoms with Gasteiger partial charge in [0.15, 0.2) is 0 Å². The summed E-state index contributed by atoms with van der Waals surface area (Å²) in [6, 6.07) is 10.2. The Balaban J connectivity index is 1.89. The third-order valence-electron chi connectivity index (χ3n) is 4.34. The Morgan fingerprint density at radius 1 is 1.25 bits per heavy atom. The molecule has 1 N–H and O–H groups in total. The molecule has 4 heteroatoms. The molecule has 0 radical (unpaired) electrons. The summed E-state index contributed by atoms with van der Waals surface area (Å²) in [6.07, 6.45) is 3.14. The Labute approximate surface area is 118 Å². The van der Waals surface area contributed by atoms with Crippen LogP contribution in [0, 0.1) is 5.41 Å². The van der Waals surface area contributed by atoms with Crippen LogP contribution in [0.2, 0.25) is 0 Å². The Kier molecular flexibility index (Phi) is 3.08. The van der Waals surface area contributed by atoms with Gasteiger partial charge >= 0.3 is 5.97 Å². The van der Waals surface area contributed by atoms with Gasteiger partial charge in [0.1, 0.15) is 5.82 Å². The molecular weight excluding hydrogens is 252 g/mol. The van der Waals surface area contributed by atoms with Crippen molar-refractivity contribution in [1.82, 2.24) is 4.98 Å². The summed E-state index contributed by atoms with van der Waals surface area (Å²) in [7, 11) is 0. The van der Waals surface area contributed by atoms with Crippen LogP contribution in [0.25, 0.3) is 10.8 Å². The molecule has 0 unspecified atom stereocenters. The Morgan fingerprint density at radius 3 is 2.65 bits per heavy atom. The molecule has 1 fully saturated rings. The van der Waals surface area contributed by atoms with E-state index in [2.05, 4.69) is 22.0 Å². The molecule has 20 heavy (non-hydrogen) atoms. The van der Waals surface area contributed by atoms with Gasteiger partial charge in [-0.15, -0.1) is 0 Å². The zero-order valence-corrected chi connectivity index (χ0v) is 11.5. The van der Waals surface area contributed by atoms with Gasteiger partial charge in [0, 0.05) is 24.7 Å². The summed E-state index contributed by atoms with van der Waals surface area (Å²) in [5, 5.41) is 11.6. The lowest BCUT2D eigenvalue weighted by Gasteiger charge is -2.37. The molecule has 0 spiro atoms. The lowest BCUT2D eigenvalue weighted by molar-refractivity contribution is -0.149. The smallest absolute Gasteiger partial charge is 0.309 e. The molecule has 3 rings (SSSR count). The maximum atomic E-state index is 11.3. The average Bonchev–Trinajstić information content (AvgIpc) is 2.47. The molecule has 1 aromatic carbocycles. The maximum Gasteiger partial charge on any atom is 0.309 e. The Morgan fingerprint density at radius 2 is 1.95 bits per heavy atom. The number of benzene rings is 1. The summed E-state index contributed by atoms with van der Waals surface area (Å²) in [4.78, 5) is 18.0. The van der Waals surface area contributed by atoms with E-state index in [0.717, 1.165) is 24.3 Å². The molecule has 104 valence electrons. The van der Waals surface area contributed by atoms with E-state index in [4.69, 9.17) is 0 Å². The van der Waals surface area contributed by atoms with Gasteiger partial charge in [0.25, 0.3) is 0 Å². The molecule has 1 saturated heterocycles. The van der Waals surface area contributed by atoms with Gasteiger partial charge in [0.05, 0.1) is 5.41 Å². The number of anilines is 1. The van der Waals surface area contributed by atoms with Crippen molar-refractivity contribution in [2.24, 2.45) is 5.41 Å². The van der Waals surface area contributed by atoms with Gasteiger partial charge in [0.2, 0.25) is 0 Å². The maximum absolute atomic E-state index is 11.3. The second-order valence-electron chi connectivity index (χ2n) is 5.71. The molecule has 0 saturated carbocycles. The van der Waals surface area contributed by atoms with Crippen molar-refractivity contribution in [3.63, 3.8) is 0 Å². The Hall–Kier alpha value is -2.10. The summed E-state index contributed by atoms with van der Waals surface area (Å²) in [6.45, 7) is 3.32. The number of piperidine rings is 1. The summed E-state index contributed by atoms with van der Waals surface area (Å²) in [5.41, 5.74) is -0.596. The largest absolute Gasteiger partial charge is 0.481 e. The minimum absolute atomic E-state index is 0.596. The Bertz CT molecular complexity index is 640. The van der Waals surface area contributed by atoms with Crippen LogP contribution in [0.4, 0.5) is 5.82 Å². The van der Waals surface area contributed by atoms with Crippen LogP contribution in [-0.4, -0.2) is 29.1 Å². The van der Waals surface area contributed by atoms with Gasteiger partial charge < -0.3 is 10.0 Å². The fraction of sp³-hybridized carbons (Fsp3) is 0.375. The molecule has 0 amide bonds. The predicted octanol–water partition coefficient (Wildman–Crippen LogP) is 2.93. The predicted molar refractivity (Wildman–Crippen MR) is 78.9 cm³/mol. The van der Waals surface area contributed by atoms with Crippen LogP contribution in [0.5, 0.6) is 0 Å². The molecule has 2 aromatic rings. The van der Waals surface area contributed by atoms with Crippen molar-refractivity contribution in [2.75, 3.05) is 18.0 Å². The van der Waals surface area contributed by atoms with Crippen LogP contribution in [0.3, 0.4) is 0 Å². The number of nitrogens with zero attached hydrogens (tertiary/aromatic N) is 2. The first-order valence-electron chi connectivity index (χ1n) is 6.92. The number of pyridine rings is 1. The lowest BCUT2D eigenvalue weighted by atomic mass is 9.80. The van der Waals surface area contributed by atoms with Crippen molar-refractivity contribution >= 4 is 22.6 Å². The molecule has 1 aliphatic heterocycles. The van der Waals surface area contributed by atoms with E-state index in [-0.39, 0.29) is 0 Å². The third kappa shape index (κ3) is 2.11. The summed E-state index contributed by atoms with van der Waals surface area (Å²) in [5.74, 6) is 0.276. The number of carboxylic acids is 1. The molecule has 0 bridgehead atoms. The molecular formula is C16H18N2O2. The monoisotopic (exact) mass is 270 g/mol. The lowest BCUT2D eigenvalue weighted by Crippen LogP contribution is -2.43. The highest BCUT2D eigenvalue weighted by Gasteiger charge is 2.37. The van der Waals surface area contributed by atoms with Crippen LogP contribution in [-0.2, 0) is 4.79 Å². The van der Waals surface area contributed by atoms with Crippen molar-refractivity contribution in [3.8, 4) is 0 Å². The minimum Gasteiger partial charge on any atom is -0.481 e. The summed E-state index contributed by atoms with van der Waals surface area (Å²) >= 11 is 0. The van der Waals surface area contributed by atoms with Gasteiger partial charge in [-0.3, -0.25) is 4.79 Å². The van der Waals surface area contributed by atoms with Gasteiger partial charge in [-0.1, -0.05) is 24.3 Å². The van der Waals surface area contributed by atoms with Gasteiger partial charge in [-0.05, 0) is 31.2 Å². The van der Waals surface area contributed by atoms with Crippen molar-refractivity contribution < 1.29 is 9.90 Å². The quantitative estimate of drug-likeness (QED) is 0.911. The highest BCUT2D eigenvalue weighted by molar-refractivity contribution is 5.92. The molecule has 0 aliphatic carbocycles. The number of carbonyl (C=O) groups is 1. The number of hydrogen-bond acceptors (Lipinski definition) is 3. The van der Waals surface area contributed by atoms with Gasteiger partial charge in [-0.2, -0.15) is 0 Å². The average molecular weight is 270 g/mol. The first kappa shape index (κ1) is 12.9. The van der Waals surface area contributed by atoms with Crippen LogP contribution >= 0.6 is 0 Å². The summed E-state index contributed by atoms with van der Waals surface area (Å²) < 4.78 is 0. The number of rotatable bonds is 2. The van der Waals surface area contributed by atoms with Crippen molar-refractivity contribution in [3.05, 3.63) is 36.5 Å². The zero-order chi connectivity index (χ0) is 14.2. The number of carboxylic acid groups (broad SMARTS) is 1. The normalized spacial score (nSPS) is 18.1. The van der Waals surface area contributed by atoms with E-state index in [9.17, 15) is 9.90 Å². The molecule has 4 nitrogen and oxygen atoms in total. The SMILES string of the molecule is CC1(C(=O)O)CCN(c2nccc3ccccc23)CC1. The third-order valence-corrected chi connectivity index (χ3v) is 4.34. The second kappa shape index (κ2) is 4.78. The fourth-order valence-corrected chi connectivity index (χ4v) is 2.78. The van der Waals surface area contributed by atoms with Crippen LogP contribution in [0.15, 0.2) is 36.5 Å². The topological polar surface area (TPSA) is 53.4 Å². The highest BCUT2D eigenvalue weighted by Crippen LogP contribution is 2.34. The first-order valence-corrected chi connectivity index (χ1v) is 6.92. The van der Waals surface area contributed by atoms with E-state index in [1.54, 1.807) is 0 Å². The van der Waals surface area contributed by atoms with Crippen molar-refractivity contribution in [2.45, 2.75) is 19.8 Å². The molecule has 2 heterocycles. The van der Waals surface area contributed by atoms with E-state index in [0.29, 0.717) is 12.8 Å². The molecule has 0 atom stereocenters. The fourth-order valence-electron chi connectivity index (χ4n) is 2.78. The van der Waals surface area contributed by atoms with E-state index < -0.39 is 11.4 Å². The molecule has 1 aromatic heterocycles. The minimum atomic E-state index is -0.692. The molecule has 1 aliphatic rings. The standard InChI is InChI=1S/C16H18N2O2/c1-16(15(19)20)7-10-18(11-8-16)14-13-5-3-2-4-12(13)6-9-17-14/h2-6,9H,7-8,10-11H2,1H3,(H,19,20). The number of aromatic nitrogens is 1. The van der Waals surface area contributed by atoms with E-state index >= 15 is 0 Å². The van der Waals surface area contributed by atoms with Gasteiger partial charge in [-0.25, -0.2) is 4.98 Å². The number of fused-ring (bicyclic) bond motifs is 1. The van der Waals surface area contributed by atoms with Crippen LogP contribution < -0.4 is 4.90 Å². The second-order valence-corrected chi connectivity index (χ2v) is 5.71. The number of hydrogen-bond donors (Lipinski definition) is 1. The van der Waals surface area contributed by atoms with Crippen molar-refractivity contribution in [1.29, 1.82) is 0 Å². The van der Waals surface area contributed by atoms with E-state index in [1.807, 2.05) is 31.3 Å². The first-order chi connectivity index (χ1) is 9.60. The van der Waals surface area contributed by atoms with E-state index in [1.165, 1.54) is 5.39 Å². The number of aliphatic carboxylic acids is 1.